The fourth-order valence-electron chi connectivity index (χ4n) is 1.92. The molecule has 106 valence electrons. The second-order valence-corrected chi connectivity index (χ2v) is 5.41. The van der Waals surface area contributed by atoms with Crippen LogP contribution in [-0.4, -0.2) is 19.7 Å². The van der Waals surface area contributed by atoms with Gasteiger partial charge in [-0.05, 0) is 48.6 Å². The molecule has 0 aliphatic rings. The summed E-state index contributed by atoms with van der Waals surface area (Å²) in [6.07, 6.45) is 1.14. The Balaban J connectivity index is 2.56. The van der Waals surface area contributed by atoms with Crippen LogP contribution in [-0.2, 0) is 0 Å². The highest BCUT2D eigenvalue weighted by molar-refractivity contribution is 5.39. The van der Waals surface area contributed by atoms with Crippen LogP contribution in [0.25, 0.3) is 0 Å². The highest BCUT2D eigenvalue weighted by Crippen LogP contribution is 2.27. The average Bonchev–Trinajstić information content (AvgIpc) is 2.36. The van der Waals surface area contributed by atoms with Gasteiger partial charge in [-0.3, -0.25) is 0 Å². The number of hydrogen-bond donors (Lipinski definition) is 1. The van der Waals surface area contributed by atoms with Crippen molar-refractivity contribution in [2.45, 2.75) is 40.0 Å². The number of rotatable bonds is 8. The molecule has 0 amide bonds. The minimum atomic E-state index is 0.474. The molecular weight excluding hydrogens is 234 g/mol. The van der Waals surface area contributed by atoms with Crippen molar-refractivity contribution in [1.29, 1.82) is 0 Å². The number of hydrogen-bond acceptors (Lipinski definition) is 2. The van der Waals surface area contributed by atoms with Crippen molar-refractivity contribution >= 4 is 0 Å². The van der Waals surface area contributed by atoms with Crippen LogP contribution < -0.4 is 10.1 Å². The van der Waals surface area contributed by atoms with Gasteiger partial charge in [0.2, 0.25) is 0 Å². The number of aryl methyl sites for hydroxylation is 1. The van der Waals surface area contributed by atoms with E-state index in [1.54, 1.807) is 0 Å². The molecule has 19 heavy (non-hydrogen) atoms. The largest absolute Gasteiger partial charge is 0.489 e. The van der Waals surface area contributed by atoms with Crippen molar-refractivity contribution in [2.24, 2.45) is 0 Å². The normalized spacial score (nSPS) is 10.8. The molecule has 0 aliphatic heterocycles. The topological polar surface area (TPSA) is 21.3 Å². The van der Waals surface area contributed by atoms with Gasteiger partial charge in [0.15, 0.2) is 0 Å². The molecule has 1 N–H and O–H groups in total. The molecule has 0 unspecified atom stereocenters. The molecule has 0 aliphatic carbocycles. The first-order valence-electron chi connectivity index (χ1n) is 7.15. The Hall–Kier alpha value is -1.28. The third kappa shape index (κ3) is 5.48. The summed E-state index contributed by atoms with van der Waals surface area (Å²) < 4.78 is 5.93. The van der Waals surface area contributed by atoms with Gasteiger partial charge in [0.25, 0.3) is 0 Å². The van der Waals surface area contributed by atoms with Crippen LogP contribution in [0, 0.1) is 6.92 Å². The van der Waals surface area contributed by atoms with Crippen LogP contribution in [0.1, 0.15) is 44.2 Å². The maximum absolute atomic E-state index is 5.93. The van der Waals surface area contributed by atoms with Crippen molar-refractivity contribution in [3.8, 4) is 5.75 Å². The molecule has 0 saturated heterocycles. The van der Waals surface area contributed by atoms with Crippen LogP contribution in [0.15, 0.2) is 30.4 Å². The van der Waals surface area contributed by atoms with Crippen LogP contribution in [0.4, 0.5) is 0 Å². The molecule has 2 heteroatoms. The van der Waals surface area contributed by atoms with Gasteiger partial charge in [-0.1, -0.05) is 39.5 Å². The smallest absolute Gasteiger partial charge is 0.123 e. The maximum atomic E-state index is 5.93. The van der Waals surface area contributed by atoms with E-state index in [-0.39, 0.29) is 0 Å². The summed E-state index contributed by atoms with van der Waals surface area (Å²) in [6, 6.07) is 6.41. The zero-order valence-corrected chi connectivity index (χ0v) is 12.8. The summed E-state index contributed by atoms with van der Waals surface area (Å²) in [5.74, 6) is 1.47. The van der Waals surface area contributed by atoms with E-state index in [1.165, 1.54) is 11.1 Å². The summed E-state index contributed by atoms with van der Waals surface area (Å²) in [5, 5.41) is 3.34. The summed E-state index contributed by atoms with van der Waals surface area (Å²) in [6.45, 7) is 15.1. The molecule has 0 saturated carbocycles. The van der Waals surface area contributed by atoms with E-state index < -0.39 is 0 Å². The molecule has 0 fully saturated rings. The Morgan fingerprint density at radius 2 is 2.11 bits per heavy atom. The van der Waals surface area contributed by atoms with E-state index in [2.05, 4.69) is 57.8 Å². The summed E-state index contributed by atoms with van der Waals surface area (Å²) >= 11 is 0. The highest BCUT2D eigenvalue weighted by atomic mass is 16.5. The lowest BCUT2D eigenvalue weighted by Gasteiger charge is -2.16. The van der Waals surface area contributed by atoms with Crippen LogP contribution in [0.2, 0.25) is 0 Å². The molecule has 0 aromatic heterocycles. The zero-order valence-electron chi connectivity index (χ0n) is 12.8. The number of nitrogens with one attached hydrogen (secondary N) is 1. The molecule has 1 rings (SSSR count). The molecular formula is C17H27NO. The van der Waals surface area contributed by atoms with Gasteiger partial charge >= 0.3 is 0 Å². The molecule has 1 aromatic carbocycles. The van der Waals surface area contributed by atoms with Crippen molar-refractivity contribution < 1.29 is 4.74 Å². The van der Waals surface area contributed by atoms with E-state index in [9.17, 15) is 0 Å². The fraction of sp³-hybridized carbons (Fsp3) is 0.529. The monoisotopic (exact) mass is 261 g/mol. The Morgan fingerprint density at radius 1 is 1.37 bits per heavy atom. The van der Waals surface area contributed by atoms with E-state index in [4.69, 9.17) is 4.74 Å². The van der Waals surface area contributed by atoms with Crippen molar-refractivity contribution in [1.82, 2.24) is 5.32 Å². The molecule has 0 radical (unpaired) electrons. The summed E-state index contributed by atoms with van der Waals surface area (Å²) in [4.78, 5) is 0. The molecule has 0 bridgehead atoms. The SMILES string of the molecule is C=C(CNCCC)COc1cc(C)ccc1C(C)C. The maximum Gasteiger partial charge on any atom is 0.123 e. The van der Waals surface area contributed by atoms with Gasteiger partial charge in [0, 0.05) is 6.54 Å². The van der Waals surface area contributed by atoms with Gasteiger partial charge in [-0.25, -0.2) is 0 Å². The minimum Gasteiger partial charge on any atom is -0.489 e. The molecule has 0 spiro atoms. The van der Waals surface area contributed by atoms with Gasteiger partial charge in [-0.15, -0.1) is 0 Å². The first kappa shape index (κ1) is 15.8. The van der Waals surface area contributed by atoms with Crippen LogP contribution >= 0.6 is 0 Å². The number of benzene rings is 1. The third-order valence-corrected chi connectivity index (χ3v) is 3.02. The van der Waals surface area contributed by atoms with Gasteiger partial charge in [0.1, 0.15) is 12.4 Å². The lowest BCUT2D eigenvalue weighted by Crippen LogP contribution is -2.20. The second-order valence-electron chi connectivity index (χ2n) is 5.41. The van der Waals surface area contributed by atoms with Crippen LogP contribution in [0.5, 0.6) is 5.75 Å². The van der Waals surface area contributed by atoms with E-state index in [0.717, 1.165) is 30.8 Å². The highest BCUT2D eigenvalue weighted by Gasteiger charge is 2.08. The number of ether oxygens (including phenoxy) is 1. The summed E-state index contributed by atoms with van der Waals surface area (Å²) in [5.41, 5.74) is 3.58. The van der Waals surface area contributed by atoms with E-state index >= 15 is 0 Å². The second kappa shape index (κ2) is 8.00. The van der Waals surface area contributed by atoms with Gasteiger partial charge in [-0.2, -0.15) is 0 Å². The van der Waals surface area contributed by atoms with Gasteiger partial charge in [0.05, 0.1) is 0 Å². The molecule has 0 heterocycles. The Kier molecular flexibility index (Phi) is 6.65. The van der Waals surface area contributed by atoms with Crippen LogP contribution in [0.3, 0.4) is 0 Å². The van der Waals surface area contributed by atoms with E-state index in [0.29, 0.717) is 12.5 Å². The quantitative estimate of drug-likeness (QED) is 0.563. The Labute approximate surface area is 117 Å². The third-order valence-electron chi connectivity index (χ3n) is 3.02. The first-order chi connectivity index (χ1) is 9.04. The fourth-order valence-corrected chi connectivity index (χ4v) is 1.92. The van der Waals surface area contributed by atoms with Crippen molar-refractivity contribution in [3.63, 3.8) is 0 Å². The first-order valence-corrected chi connectivity index (χ1v) is 7.15. The minimum absolute atomic E-state index is 0.474. The molecule has 2 nitrogen and oxygen atoms in total. The standard InChI is InChI=1S/C17H27NO/c1-6-9-18-11-15(5)12-19-17-10-14(4)7-8-16(17)13(2)3/h7-8,10,13,18H,5-6,9,11-12H2,1-4H3. The molecule has 0 atom stereocenters. The lowest BCUT2D eigenvalue weighted by atomic mass is 10.0. The Bertz CT molecular complexity index is 410. The predicted molar refractivity (Wildman–Crippen MR) is 83.1 cm³/mol. The Morgan fingerprint density at radius 3 is 2.74 bits per heavy atom. The van der Waals surface area contributed by atoms with E-state index in [1.807, 2.05) is 0 Å². The van der Waals surface area contributed by atoms with Crippen molar-refractivity contribution in [3.05, 3.63) is 41.5 Å². The van der Waals surface area contributed by atoms with Crippen molar-refractivity contribution in [2.75, 3.05) is 19.7 Å². The summed E-state index contributed by atoms with van der Waals surface area (Å²) in [7, 11) is 0. The predicted octanol–water partition coefficient (Wildman–Crippen LogP) is 4.05. The lowest BCUT2D eigenvalue weighted by molar-refractivity contribution is 0.343. The zero-order chi connectivity index (χ0) is 14.3. The molecule has 1 aromatic rings. The van der Waals surface area contributed by atoms with Gasteiger partial charge < -0.3 is 10.1 Å². The average molecular weight is 261 g/mol.